The third-order valence-corrected chi connectivity index (χ3v) is 4.95. The molecule has 0 saturated carbocycles. The molecule has 0 amide bonds. The van der Waals surface area contributed by atoms with Crippen molar-refractivity contribution in [2.24, 2.45) is 5.92 Å². The summed E-state index contributed by atoms with van der Waals surface area (Å²) >= 11 is 0. The van der Waals surface area contributed by atoms with Gasteiger partial charge in [-0.25, -0.2) is 9.37 Å². The van der Waals surface area contributed by atoms with Crippen LogP contribution in [-0.4, -0.2) is 39.3 Å². The monoisotopic (exact) mass is 383 g/mol. The van der Waals surface area contributed by atoms with Crippen molar-refractivity contribution in [3.63, 3.8) is 0 Å². The minimum absolute atomic E-state index is 0.188. The number of carbonyl (C=O) groups is 1. The Morgan fingerprint density at radius 1 is 1.25 bits per heavy atom. The summed E-state index contributed by atoms with van der Waals surface area (Å²) in [6.07, 6.45) is 8.31. The molecule has 0 spiro atoms. The first-order chi connectivity index (χ1) is 13.7. The van der Waals surface area contributed by atoms with E-state index in [4.69, 9.17) is 14.6 Å². The summed E-state index contributed by atoms with van der Waals surface area (Å²) < 4.78 is 21.9. The van der Waals surface area contributed by atoms with E-state index in [0.29, 0.717) is 24.7 Å². The van der Waals surface area contributed by atoms with Gasteiger partial charge in [-0.2, -0.15) is 0 Å². The molecule has 2 aromatic heterocycles. The lowest BCUT2D eigenvalue weighted by Gasteiger charge is -2.22. The van der Waals surface area contributed by atoms with Crippen LogP contribution in [-0.2, 0) is 16.0 Å². The fourth-order valence-electron chi connectivity index (χ4n) is 3.55. The molecule has 4 rings (SSSR count). The van der Waals surface area contributed by atoms with Crippen LogP contribution in [0.5, 0.6) is 0 Å². The predicted octanol–water partition coefficient (Wildman–Crippen LogP) is 3.52. The van der Waals surface area contributed by atoms with Gasteiger partial charge in [0, 0.05) is 36.3 Å². The van der Waals surface area contributed by atoms with Gasteiger partial charge in [0.05, 0.1) is 19.3 Å². The molecule has 0 bridgehead atoms. The van der Waals surface area contributed by atoms with E-state index >= 15 is 0 Å². The van der Waals surface area contributed by atoms with Gasteiger partial charge in [0.2, 0.25) is 0 Å². The predicted molar refractivity (Wildman–Crippen MR) is 102 cm³/mol. The number of imidazole rings is 1. The van der Waals surface area contributed by atoms with Crippen molar-refractivity contribution < 1.29 is 19.0 Å². The molecule has 0 unspecified atom stereocenters. The van der Waals surface area contributed by atoms with Crippen LogP contribution in [0.4, 0.5) is 4.39 Å². The minimum atomic E-state index is -0.250. The van der Waals surface area contributed by atoms with E-state index in [1.165, 1.54) is 11.6 Å². The van der Waals surface area contributed by atoms with Gasteiger partial charge in [-0.3, -0.25) is 9.78 Å². The van der Waals surface area contributed by atoms with Crippen LogP contribution in [0.25, 0.3) is 11.4 Å². The van der Waals surface area contributed by atoms with Crippen LogP contribution in [0.15, 0.2) is 55.1 Å². The lowest BCUT2D eigenvalue weighted by Crippen LogP contribution is -2.20. The second-order valence-electron chi connectivity index (χ2n) is 6.60. The molecular formula is C21H22FN3O3. The number of aromatic nitrogens is 3. The number of nitrogens with zero attached hydrogens (tertiary/aromatic N) is 3. The van der Waals surface area contributed by atoms with Gasteiger partial charge < -0.3 is 14.4 Å². The van der Waals surface area contributed by atoms with Gasteiger partial charge >= 0.3 is 0 Å². The molecule has 1 fully saturated rings. The van der Waals surface area contributed by atoms with E-state index in [9.17, 15) is 4.39 Å². The van der Waals surface area contributed by atoms with E-state index in [1.54, 1.807) is 19.2 Å². The van der Waals surface area contributed by atoms with Crippen LogP contribution in [0.2, 0.25) is 0 Å². The Labute approximate surface area is 162 Å². The van der Waals surface area contributed by atoms with Crippen molar-refractivity contribution in [2.75, 3.05) is 13.2 Å². The molecule has 3 aromatic rings. The number of rotatable bonds is 4. The average Bonchev–Trinajstić information content (AvgIpc) is 3.34. The Bertz CT molecular complexity index is 914. The first kappa shape index (κ1) is 19.7. The Morgan fingerprint density at radius 2 is 2.00 bits per heavy atom. The SMILES string of the molecule is Cc1c(F)cccc1-c1nccn1[C@@H]1COC[C@@H]1Cc1ccncc1.O=CO. The number of pyridine rings is 1. The molecule has 1 saturated heterocycles. The van der Waals surface area contributed by atoms with Crippen molar-refractivity contribution >= 4 is 6.47 Å². The molecule has 3 heterocycles. The smallest absolute Gasteiger partial charge is 0.290 e. The van der Waals surface area contributed by atoms with Gasteiger partial charge in [-0.15, -0.1) is 0 Å². The van der Waals surface area contributed by atoms with E-state index in [1.807, 2.05) is 36.8 Å². The Balaban J connectivity index is 0.000000706. The number of halogens is 1. The van der Waals surface area contributed by atoms with Crippen LogP contribution in [0.1, 0.15) is 17.2 Å². The number of carboxylic acid groups (broad SMARTS) is 1. The summed E-state index contributed by atoms with van der Waals surface area (Å²) in [6.45, 7) is 2.91. The highest BCUT2D eigenvalue weighted by atomic mass is 19.1. The normalized spacial score (nSPS) is 18.4. The lowest BCUT2D eigenvalue weighted by atomic mass is 9.95. The summed E-state index contributed by atoms with van der Waals surface area (Å²) in [5, 5.41) is 6.89. The highest BCUT2D eigenvalue weighted by Crippen LogP contribution is 2.33. The maximum Gasteiger partial charge on any atom is 0.290 e. The standard InChI is InChI=1S/C20H20FN3O.CH2O2/c1-14-17(3-2-4-18(14)21)20-23-9-10-24(20)19-13-25-12-16(19)11-15-5-7-22-8-6-15;2-1-3/h2-10,16,19H,11-13H2,1H3;1H,(H,2,3)/t16-,19+;/m0./s1. The summed E-state index contributed by atoms with van der Waals surface area (Å²) in [4.78, 5) is 16.9. The molecule has 0 aliphatic carbocycles. The molecule has 1 N–H and O–H groups in total. The van der Waals surface area contributed by atoms with Gasteiger partial charge in [0.15, 0.2) is 0 Å². The maximum absolute atomic E-state index is 14.0. The van der Waals surface area contributed by atoms with E-state index in [2.05, 4.69) is 14.5 Å². The van der Waals surface area contributed by atoms with Crippen molar-refractivity contribution in [3.8, 4) is 11.4 Å². The van der Waals surface area contributed by atoms with Crippen LogP contribution >= 0.6 is 0 Å². The third-order valence-electron chi connectivity index (χ3n) is 4.95. The van der Waals surface area contributed by atoms with Crippen molar-refractivity contribution in [3.05, 3.63) is 72.1 Å². The number of benzene rings is 1. The Morgan fingerprint density at radius 3 is 2.75 bits per heavy atom. The average molecular weight is 383 g/mol. The molecule has 146 valence electrons. The van der Waals surface area contributed by atoms with Crippen LogP contribution in [0, 0.1) is 18.7 Å². The van der Waals surface area contributed by atoms with Gasteiger partial charge in [-0.05, 0) is 42.7 Å². The maximum atomic E-state index is 14.0. The molecule has 1 aliphatic heterocycles. The Kier molecular flexibility index (Phi) is 6.49. The number of hydrogen-bond donors (Lipinski definition) is 1. The summed E-state index contributed by atoms with van der Waals surface area (Å²) in [6, 6.07) is 9.41. The molecule has 1 aliphatic rings. The second-order valence-corrected chi connectivity index (χ2v) is 6.60. The quantitative estimate of drug-likeness (QED) is 0.698. The lowest BCUT2D eigenvalue weighted by molar-refractivity contribution is -0.122. The van der Waals surface area contributed by atoms with Gasteiger partial charge in [0.25, 0.3) is 6.47 Å². The molecule has 6 nitrogen and oxygen atoms in total. The zero-order valence-corrected chi connectivity index (χ0v) is 15.5. The largest absolute Gasteiger partial charge is 0.483 e. The fourth-order valence-corrected chi connectivity index (χ4v) is 3.55. The zero-order valence-electron chi connectivity index (χ0n) is 15.5. The zero-order chi connectivity index (χ0) is 19.9. The molecular weight excluding hydrogens is 361 g/mol. The second kappa shape index (κ2) is 9.23. The summed E-state index contributed by atoms with van der Waals surface area (Å²) in [5.41, 5.74) is 2.71. The van der Waals surface area contributed by atoms with E-state index in [-0.39, 0.29) is 18.3 Å². The number of hydrogen-bond acceptors (Lipinski definition) is 4. The minimum Gasteiger partial charge on any atom is -0.483 e. The summed E-state index contributed by atoms with van der Waals surface area (Å²) in [7, 11) is 0. The molecule has 7 heteroatoms. The topological polar surface area (TPSA) is 77.2 Å². The molecule has 1 aromatic carbocycles. The fraction of sp³-hybridized carbons (Fsp3) is 0.286. The van der Waals surface area contributed by atoms with Gasteiger partial charge in [-0.1, -0.05) is 12.1 Å². The Hall–Kier alpha value is -3.06. The third kappa shape index (κ3) is 4.26. The molecule has 0 radical (unpaired) electrons. The van der Waals surface area contributed by atoms with Crippen molar-refractivity contribution in [2.45, 2.75) is 19.4 Å². The van der Waals surface area contributed by atoms with Crippen molar-refractivity contribution in [1.82, 2.24) is 14.5 Å². The van der Waals surface area contributed by atoms with E-state index < -0.39 is 0 Å². The van der Waals surface area contributed by atoms with Crippen LogP contribution in [0.3, 0.4) is 0 Å². The number of ether oxygens (including phenoxy) is 1. The van der Waals surface area contributed by atoms with Gasteiger partial charge in [0.1, 0.15) is 11.6 Å². The van der Waals surface area contributed by atoms with Crippen molar-refractivity contribution in [1.29, 1.82) is 0 Å². The van der Waals surface area contributed by atoms with Crippen LogP contribution < -0.4 is 0 Å². The van der Waals surface area contributed by atoms with E-state index in [0.717, 1.165) is 17.8 Å². The highest BCUT2D eigenvalue weighted by Gasteiger charge is 2.31. The first-order valence-corrected chi connectivity index (χ1v) is 8.98. The summed E-state index contributed by atoms with van der Waals surface area (Å²) in [5.74, 6) is 0.944. The highest BCUT2D eigenvalue weighted by molar-refractivity contribution is 5.60. The first-order valence-electron chi connectivity index (χ1n) is 8.98. The molecule has 2 atom stereocenters. The molecule has 28 heavy (non-hydrogen) atoms.